The molecule has 1 aliphatic rings. The van der Waals surface area contributed by atoms with E-state index in [4.69, 9.17) is 9.40 Å². The third-order valence-corrected chi connectivity index (χ3v) is 5.33. The first-order valence-electron chi connectivity index (χ1n) is 8.20. The van der Waals surface area contributed by atoms with Gasteiger partial charge in [0.15, 0.2) is 5.16 Å². The molecule has 0 atom stereocenters. The van der Waals surface area contributed by atoms with Crippen molar-refractivity contribution in [1.29, 1.82) is 0 Å². The van der Waals surface area contributed by atoms with Crippen molar-refractivity contribution in [3.05, 3.63) is 36.0 Å². The Bertz CT molecular complexity index is 804. The van der Waals surface area contributed by atoms with Crippen LogP contribution in [0.25, 0.3) is 11.0 Å². The average Bonchev–Trinajstić information content (AvgIpc) is 3.16. The van der Waals surface area contributed by atoms with E-state index in [1.54, 1.807) is 11.8 Å². The molecule has 0 aliphatic heterocycles. The molecule has 3 aromatic rings. The number of para-hydroxylation sites is 2. The quantitative estimate of drug-likeness (QED) is 0.659. The van der Waals surface area contributed by atoms with Crippen LogP contribution < -0.4 is 0 Å². The van der Waals surface area contributed by atoms with Crippen molar-refractivity contribution in [1.82, 2.24) is 19.7 Å². The summed E-state index contributed by atoms with van der Waals surface area (Å²) >= 11 is 1.69. The minimum absolute atomic E-state index is 0.558. The van der Waals surface area contributed by atoms with Gasteiger partial charge in [0, 0.05) is 13.0 Å². The number of benzene rings is 1. The third kappa shape index (κ3) is 3.00. The predicted octanol–water partition coefficient (Wildman–Crippen LogP) is 4.53. The van der Waals surface area contributed by atoms with E-state index >= 15 is 0 Å². The third-order valence-electron chi connectivity index (χ3n) is 4.40. The fraction of sp³-hybridized carbons (Fsp3) is 0.471. The molecule has 2 aromatic heterocycles. The molecule has 120 valence electrons. The lowest BCUT2D eigenvalue weighted by Gasteiger charge is -2.25. The van der Waals surface area contributed by atoms with Crippen LogP contribution in [0.4, 0.5) is 0 Å². The maximum Gasteiger partial charge on any atom is 0.226 e. The fourth-order valence-corrected chi connectivity index (χ4v) is 4.26. The first-order valence-corrected chi connectivity index (χ1v) is 9.18. The van der Waals surface area contributed by atoms with E-state index in [9.17, 15) is 0 Å². The minimum Gasteiger partial charge on any atom is -0.425 e. The van der Waals surface area contributed by atoms with Crippen LogP contribution in [0.5, 0.6) is 0 Å². The van der Waals surface area contributed by atoms with Gasteiger partial charge in [0.05, 0.1) is 16.8 Å². The number of nitrogens with zero attached hydrogens (tertiary/aromatic N) is 4. The zero-order chi connectivity index (χ0) is 15.6. The summed E-state index contributed by atoms with van der Waals surface area (Å²) in [6.07, 6.45) is 6.46. The lowest BCUT2D eigenvalue weighted by atomic mass is 9.95. The van der Waals surface area contributed by atoms with Gasteiger partial charge in [-0.05, 0) is 25.0 Å². The molecular weight excluding hydrogens is 308 g/mol. The molecule has 0 saturated heterocycles. The number of aromatic nitrogens is 4. The van der Waals surface area contributed by atoms with Gasteiger partial charge in [-0.2, -0.15) is 0 Å². The second-order valence-electron chi connectivity index (χ2n) is 6.05. The summed E-state index contributed by atoms with van der Waals surface area (Å²) in [5, 5.41) is 9.04. The van der Waals surface area contributed by atoms with Gasteiger partial charge in [-0.1, -0.05) is 43.2 Å². The highest BCUT2D eigenvalue weighted by Gasteiger charge is 2.22. The van der Waals surface area contributed by atoms with Crippen LogP contribution in [0.15, 0.2) is 33.8 Å². The van der Waals surface area contributed by atoms with Crippen molar-refractivity contribution in [2.75, 3.05) is 0 Å². The maximum atomic E-state index is 5.48. The van der Waals surface area contributed by atoms with Crippen molar-refractivity contribution in [2.45, 2.75) is 56.0 Å². The van der Waals surface area contributed by atoms with Crippen molar-refractivity contribution in [3.63, 3.8) is 0 Å². The highest BCUT2D eigenvalue weighted by atomic mass is 32.2. The number of hydrogen-bond donors (Lipinski definition) is 0. The second-order valence-corrected chi connectivity index (χ2v) is 6.99. The highest BCUT2D eigenvalue weighted by Crippen LogP contribution is 2.36. The summed E-state index contributed by atoms with van der Waals surface area (Å²) in [5.41, 5.74) is 2.31. The van der Waals surface area contributed by atoms with Gasteiger partial charge in [0.25, 0.3) is 0 Å². The number of hydrogen-bond acceptors (Lipinski definition) is 5. The summed E-state index contributed by atoms with van der Waals surface area (Å²) < 4.78 is 7.92. The average molecular weight is 328 g/mol. The number of fused-ring (bicyclic) bond motifs is 1. The Morgan fingerprint density at radius 2 is 2.00 bits per heavy atom. The summed E-state index contributed by atoms with van der Waals surface area (Å²) in [4.78, 5) is 4.85. The van der Waals surface area contributed by atoms with E-state index in [1.807, 2.05) is 6.92 Å². The van der Waals surface area contributed by atoms with Crippen LogP contribution in [0.3, 0.4) is 0 Å². The number of thioether (sulfide) groups is 1. The van der Waals surface area contributed by atoms with Crippen molar-refractivity contribution < 1.29 is 4.42 Å². The van der Waals surface area contributed by atoms with Crippen LogP contribution in [-0.4, -0.2) is 19.7 Å². The van der Waals surface area contributed by atoms with E-state index in [2.05, 4.69) is 39.0 Å². The molecule has 0 amide bonds. The van der Waals surface area contributed by atoms with Gasteiger partial charge >= 0.3 is 0 Å². The summed E-state index contributed by atoms with van der Waals surface area (Å²) in [5.74, 6) is 1.94. The topological polar surface area (TPSA) is 56.7 Å². The first kappa shape index (κ1) is 14.8. The molecular formula is C17H20N4OS. The Labute approximate surface area is 139 Å². The molecule has 5 nitrogen and oxygen atoms in total. The number of aryl methyl sites for hydroxylation is 1. The zero-order valence-corrected chi connectivity index (χ0v) is 14.1. The molecule has 6 heteroatoms. The van der Waals surface area contributed by atoms with Gasteiger partial charge in [0.2, 0.25) is 11.8 Å². The molecule has 0 radical (unpaired) electrons. The fourth-order valence-electron chi connectivity index (χ4n) is 3.34. The van der Waals surface area contributed by atoms with E-state index in [0.717, 1.165) is 10.7 Å². The van der Waals surface area contributed by atoms with Crippen LogP contribution in [-0.2, 0) is 5.75 Å². The lowest BCUT2D eigenvalue weighted by Crippen LogP contribution is -2.13. The molecule has 1 saturated carbocycles. The molecule has 0 spiro atoms. The van der Waals surface area contributed by atoms with Crippen LogP contribution >= 0.6 is 11.8 Å². The van der Waals surface area contributed by atoms with E-state index in [-0.39, 0.29) is 0 Å². The van der Waals surface area contributed by atoms with Crippen LogP contribution in [0, 0.1) is 6.92 Å². The number of imidazole rings is 1. The van der Waals surface area contributed by atoms with E-state index < -0.39 is 0 Å². The lowest BCUT2D eigenvalue weighted by molar-refractivity contribution is 0.343. The summed E-state index contributed by atoms with van der Waals surface area (Å²) in [6.45, 7) is 1.82. The Kier molecular flexibility index (Phi) is 4.08. The van der Waals surface area contributed by atoms with Crippen LogP contribution in [0.2, 0.25) is 0 Å². The normalized spacial score (nSPS) is 16.2. The molecule has 1 aromatic carbocycles. The Morgan fingerprint density at radius 1 is 1.17 bits per heavy atom. The Balaban J connectivity index is 1.66. The Hall–Kier alpha value is -1.82. The molecule has 23 heavy (non-hydrogen) atoms. The molecule has 4 rings (SSSR count). The molecule has 2 heterocycles. The van der Waals surface area contributed by atoms with Crippen molar-refractivity contribution in [2.24, 2.45) is 0 Å². The van der Waals surface area contributed by atoms with Crippen LogP contribution in [0.1, 0.15) is 49.9 Å². The standard InChI is InChI=1S/C17H20N4OS/c1-12-19-20-16(22-12)11-23-17-18-14-9-5-6-10-15(14)21(17)13-7-3-2-4-8-13/h5-6,9-10,13H,2-4,7-8,11H2,1H3. The van der Waals surface area contributed by atoms with Crippen molar-refractivity contribution >= 4 is 22.8 Å². The Morgan fingerprint density at radius 3 is 2.78 bits per heavy atom. The molecule has 0 N–H and O–H groups in total. The summed E-state index contributed by atoms with van der Waals surface area (Å²) in [6, 6.07) is 8.98. The van der Waals surface area contributed by atoms with E-state index in [0.29, 0.717) is 23.6 Å². The smallest absolute Gasteiger partial charge is 0.226 e. The molecule has 1 fully saturated rings. The second kappa shape index (κ2) is 6.35. The largest absolute Gasteiger partial charge is 0.425 e. The predicted molar refractivity (Wildman–Crippen MR) is 90.5 cm³/mol. The van der Waals surface area contributed by atoms with Gasteiger partial charge in [-0.3, -0.25) is 0 Å². The van der Waals surface area contributed by atoms with Crippen molar-refractivity contribution in [3.8, 4) is 0 Å². The molecule has 0 bridgehead atoms. The molecule has 1 aliphatic carbocycles. The minimum atomic E-state index is 0.558. The first-order chi connectivity index (χ1) is 11.3. The highest BCUT2D eigenvalue weighted by molar-refractivity contribution is 7.98. The van der Waals surface area contributed by atoms with Gasteiger partial charge in [-0.15, -0.1) is 10.2 Å². The van der Waals surface area contributed by atoms with Gasteiger partial charge in [0.1, 0.15) is 0 Å². The number of rotatable bonds is 4. The SMILES string of the molecule is Cc1nnc(CSc2nc3ccccc3n2C2CCCCC2)o1. The zero-order valence-electron chi connectivity index (χ0n) is 13.2. The summed E-state index contributed by atoms with van der Waals surface area (Å²) in [7, 11) is 0. The molecule has 0 unspecified atom stereocenters. The van der Waals surface area contributed by atoms with E-state index in [1.165, 1.54) is 37.6 Å². The monoisotopic (exact) mass is 328 g/mol. The van der Waals surface area contributed by atoms with Gasteiger partial charge in [-0.25, -0.2) is 4.98 Å². The van der Waals surface area contributed by atoms with Gasteiger partial charge < -0.3 is 8.98 Å². The maximum absolute atomic E-state index is 5.48.